The van der Waals surface area contributed by atoms with Crippen LogP contribution in [-0.2, 0) is 9.59 Å². The van der Waals surface area contributed by atoms with Crippen molar-refractivity contribution < 1.29 is 9.59 Å². The van der Waals surface area contributed by atoms with Gasteiger partial charge in [0.05, 0.1) is 5.41 Å². The van der Waals surface area contributed by atoms with Gasteiger partial charge in [0, 0.05) is 11.8 Å². The van der Waals surface area contributed by atoms with Gasteiger partial charge in [-0.05, 0) is 98.5 Å². The summed E-state index contributed by atoms with van der Waals surface area (Å²) in [4.78, 5) is 24.6. The highest BCUT2D eigenvalue weighted by molar-refractivity contribution is 5.99. The summed E-state index contributed by atoms with van der Waals surface area (Å²) in [6.07, 6.45) is 34.2. The fourth-order valence-electron chi connectivity index (χ4n) is 5.02. The maximum atomic E-state index is 12.4. The van der Waals surface area contributed by atoms with E-state index in [0.29, 0.717) is 12.2 Å². The predicted molar refractivity (Wildman–Crippen MR) is 182 cm³/mol. The second kappa shape index (κ2) is 15.4. The summed E-state index contributed by atoms with van der Waals surface area (Å²) in [7, 11) is 0. The molecule has 222 valence electrons. The number of hydrogen-bond donors (Lipinski definition) is 0. The molecule has 0 fully saturated rings. The minimum absolute atomic E-state index is 0.145. The Morgan fingerprint density at radius 1 is 0.595 bits per heavy atom. The molecular weight excluding hydrogens is 512 g/mol. The largest absolute Gasteiger partial charge is 0.299 e. The topological polar surface area (TPSA) is 34.1 Å². The molecule has 2 heteroatoms. The molecule has 2 aliphatic carbocycles. The molecule has 0 N–H and O–H groups in total. The third kappa shape index (κ3) is 9.94. The van der Waals surface area contributed by atoms with Crippen LogP contribution in [0.3, 0.4) is 0 Å². The van der Waals surface area contributed by atoms with Gasteiger partial charge in [0.2, 0.25) is 0 Å². The van der Waals surface area contributed by atoms with Crippen molar-refractivity contribution >= 4 is 11.6 Å². The molecule has 0 heterocycles. The van der Waals surface area contributed by atoms with Gasteiger partial charge in [-0.3, -0.25) is 9.59 Å². The molecule has 0 aromatic carbocycles. The molecular formula is C40H50O2. The first-order valence-corrected chi connectivity index (χ1v) is 14.9. The molecule has 0 aromatic heterocycles. The zero-order chi connectivity index (χ0) is 31.5. The Bertz CT molecular complexity index is 1420. The van der Waals surface area contributed by atoms with Crippen molar-refractivity contribution in [2.24, 2.45) is 10.8 Å². The lowest BCUT2D eigenvalue weighted by atomic mass is 9.71. The Hall–Kier alpha value is -3.78. The van der Waals surface area contributed by atoms with E-state index in [-0.39, 0.29) is 5.78 Å². The van der Waals surface area contributed by atoms with Crippen molar-refractivity contribution in [3.8, 4) is 0 Å². The quantitative estimate of drug-likeness (QED) is 0.248. The first-order chi connectivity index (χ1) is 19.7. The van der Waals surface area contributed by atoms with Gasteiger partial charge in [0.15, 0.2) is 5.78 Å². The van der Waals surface area contributed by atoms with Gasteiger partial charge in [-0.15, -0.1) is 0 Å². The third-order valence-electron chi connectivity index (χ3n) is 8.05. The van der Waals surface area contributed by atoms with Crippen LogP contribution < -0.4 is 0 Å². The number of allylic oxidation sites excluding steroid dienone is 24. The van der Waals surface area contributed by atoms with Gasteiger partial charge in [-0.25, -0.2) is 0 Å². The van der Waals surface area contributed by atoms with Crippen LogP contribution in [0, 0.1) is 10.8 Å². The summed E-state index contributed by atoms with van der Waals surface area (Å²) < 4.78 is 0. The molecule has 0 radical (unpaired) electrons. The lowest BCUT2D eigenvalue weighted by Gasteiger charge is -2.31. The molecule has 42 heavy (non-hydrogen) atoms. The minimum atomic E-state index is -0.487. The van der Waals surface area contributed by atoms with Crippen molar-refractivity contribution in [1.82, 2.24) is 0 Å². The maximum Gasteiger partial charge on any atom is 0.165 e. The van der Waals surface area contributed by atoms with E-state index in [4.69, 9.17) is 0 Å². The number of rotatable bonds is 10. The molecule has 0 aliphatic heterocycles. The molecule has 2 nitrogen and oxygen atoms in total. The second-order valence-electron chi connectivity index (χ2n) is 12.6. The number of hydrogen-bond acceptors (Lipinski definition) is 2. The van der Waals surface area contributed by atoms with Crippen LogP contribution in [0.1, 0.15) is 82.1 Å². The van der Waals surface area contributed by atoms with Gasteiger partial charge in [0.1, 0.15) is 5.78 Å². The number of carbonyl (C=O) groups is 2. The average molecular weight is 563 g/mol. The van der Waals surface area contributed by atoms with Gasteiger partial charge in [0.25, 0.3) is 0 Å². The van der Waals surface area contributed by atoms with Crippen LogP contribution in [-0.4, -0.2) is 11.6 Å². The lowest BCUT2D eigenvalue weighted by Crippen LogP contribution is -2.30. The van der Waals surface area contributed by atoms with Gasteiger partial charge < -0.3 is 0 Å². The minimum Gasteiger partial charge on any atom is -0.299 e. The molecule has 2 aliphatic rings. The monoisotopic (exact) mass is 562 g/mol. The standard InChI is InChI=1S/C40H50O2/c1-29(17-13-19-31(3)21-25-35-33(5)23-27-37(41)39(35,7)8)15-11-12-16-30(2)18-14-20-32(4)22-26-36-34(6)24-28-38(42)40(36,9)10/h11-23,25-27H,24,28H2,1-10H3/b12-11+,17-13+,18-14+,25-21+,26-22+,29-15+,30-16+,31-19+,32-20+. The average Bonchev–Trinajstić information content (AvgIpc) is 2.91. The summed E-state index contributed by atoms with van der Waals surface area (Å²) in [5.41, 5.74) is 8.36. The van der Waals surface area contributed by atoms with Gasteiger partial charge >= 0.3 is 0 Å². The van der Waals surface area contributed by atoms with E-state index in [2.05, 4.69) is 114 Å². The van der Waals surface area contributed by atoms with Crippen LogP contribution in [0.25, 0.3) is 0 Å². The summed E-state index contributed by atoms with van der Waals surface area (Å²) in [6.45, 7) is 20.5. The first kappa shape index (κ1) is 34.4. The van der Waals surface area contributed by atoms with E-state index in [1.54, 1.807) is 6.08 Å². The van der Waals surface area contributed by atoms with Crippen LogP contribution in [0.5, 0.6) is 0 Å². The van der Waals surface area contributed by atoms with Crippen molar-refractivity contribution in [2.45, 2.75) is 82.1 Å². The van der Waals surface area contributed by atoms with Crippen molar-refractivity contribution in [3.63, 3.8) is 0 Å². The Morgan fingerprint density at radius 3 is 1.57 bits per heavy atom. The highest BCUT2D eigenvalue weighted by Crippen LogP contribution is 2.38. The predicted octanol–water partition coefficient (Wildman–Crippen LogP) is 10.7. The summed E-state index contributed by atoms with van der Waals surface area (Å²) >= 11 is 0. The molecule has 0 atom stereocenters. The fraction of sp³-hybridized carbons (Fsp3) is 0.350. The Kier molecular flexibility index (Phi) is 12.7. The van der Waals surface area contributed by atoms with Gasteiger partial charge in [-0.1, -0.05) is 119 Å². The smallest absolute Gasteiger partial charge is 0.165 e. The molecule has 0 saturated heterocycles. The second-order valence-corrected chi connectivity index (χ2v) is 12.6. The lowest BCUT2D eigenvalue weighted by molar-refractivity contribution is -0.125. The van der Waals surface area contributed by atoms with Crippen molar-refractivity contribution in [3.05, 3.63) is 142 Å². The van der Waals surface area contributed by atoms with Crippen molar-refractivity contribution in [2.75, 3.05) is 0 Å². The Labute approximate surface area is 255 Å². The molecule has 0 spiro atoms. The highest BCUT2D eigenvalue weighted by Gasteiger charge is 2.34. The summed E-state index contributed by atoms with van der Waals surface area (Å²) in [5, 5.41) is 0. The Morgan fingerprint density at radius 2 is 1.05 bits per heavy atom. The third-order valence-corrected chi connectivity index (χ3v) is 8.05. The van der Waals surface area contributed by atoms with Crippen LogP contribution >= 0.6 is 0 Å². The highest BCUT2D eigenvalue weighted by atomic mass is 16.1. The van der Waals surface area contributed by atoms with Gasteiger partial charge in [-0.2, -0.15) is 0 Å². The summed E-state index contributed by atoms with van der Waals surface area (Å²) in [6, 6.07) is 0. The van der Waals surface area contributed by atoms with E-state index in [1.807, 2.05) is 45.9 Å². The van der Waals surface area contributed by atoms with E-state index >= 15 is 0 Å². The fourth-order valence-corrected chi connectivity index (χ4v) is 5.02. The zero-order valence-electron chi connectivity index (χ0n) is 27.5. The normalized spacial score (nSPS) is 21.2. The molecule has 0 saturated carbocycles. The SMILES string of the molecule is CC1=C(/C=C/C(C)=C/C=C/C(C)=C/C=C/C=C(C)/C=C/C=C(C)/C=C/C2=C(C)CCC(=O)C2(C)C)C(C)(C)C(=O)C=C1. The maximum absolute atomic E-state index is 12.4. The zero-order valence-corrected chi connectivity index (χ0v) is 27.5. The van der Waals surface area contributed by atoms with Crippen LogP contribution in [0.4, 0.5) is 0 Å². The van der Waals surface area contributed by atoms with Crippen molar-refractivity contribution in [1.29, 1.82) is 0 Å². The van der Waals surface area contributed by atoms with Crippen LogP contribution in [0.15, 0.2) is 142 Å². The van der Waals surface area contributed by atoms with E-state index in [0.717, 1.165) is 45.4 Å². The first-order valence-electron chi connectivity index (χ1n) is 14.9. The number of carbonyl (C=O) groups excluding carboxylic acids is 2. The molecule has 0 unspecified atom stereocenters. The summed E-state index contributed by atoms with van der Waals surface area (Å²) in [5.74, 6) is 0.469. The van der Waals surface area contributed by atoms with E-state index in [1.165, 1.54) is 5.57 Å². The molecule has 0 aromatic rings. The number of ketones is 2. The number of Topliss-reactive ketones (excluding diaryl/α,β-unsaturated/α-hetero) is 1. The molecule has 0 bridgehead atoms. The van der Waals surface area contributed by atoms with E-state index in [9.17, 15) is 9.59 Å². The Balaban J connectivity index is 1.92. The van der Waals surface area contributed by atoms with Crippen LogP contribution in [0.2, 0.25) is 0 Å². The van der Waals surface area contributed by atoms with E-state index < -0.39 is 10.8 Å². The molecule has 2 rings (SSSR count). The molecule has 0 amide bonds.